The third-order valence-electron chi connectivity index (χ3n) is 4.30. The van der Waals surface area contributed by atoms with Crippen molar-refractivity contribution in [1.29, 1.82) is 0 Å². The standard InChI is InChI=1S/C17H22ClN3O3/c1-12-4-5-13(18)10-14(12)19-15(23)17(2,3)16(24)21-8-6-20(11-22)7-9-21/h4-5,10-11H,6-9H2,1-3H3,(H,19,23). The van der Waals surface area contributed by atoms with E-state index in [9.17, 15) is 14.4 Å². The van der Waals surface area contributed by atoms with Crippen molar-refractivity contribution in [2.24, 2.45) is 5.41 Å². The average Bonchev–Trinajstić information content (AvgIpc) is 2.57. The van der Waals surface area contributed by atoms with Crippen molar-refractivity contribution < 1.29 is 14.4 Å². The zero-order valence-electron chi connectivity index (χ0n) is 14.1. The van der Waals surface area contributed by atoms with Crippen molar-refractivity contribution in [2.75, 3.05) is 31.5 Å². The van der Waals surface area contributed by atoms with Crippen LogP contribution in [0.25, 0.3) is 0 Å². The molecular formula is C17H22ClN3O3. The number of carbonyl (C=O) groups excluding carboxylic acids is 3. The van der Waals surface area contributed by atoms with Crippen LogP contribution in [0, 0.1) is 12.3 Å². The van der Waals surface area contributed by atoms with Crippen molar-refractivity contribution in [3.63, 3.8) is 0 Å². The van der Waals surface area contributed by atoms with Gasteiger partial charge < -0.3 is 15.1 Å². The highest BCUT2D eigenvalue weighted by Gasteiger charge is 2.40. The second-order valence-electron chi connectivity index (χ2n) is 6.47. The van der Waals surface area contributed by atoms with Crippen LogP contribution in [0.1, 0.15) is 19.4 Å². The Bertz CT molecular complexity index is 652. The van der Waals surface area contributed by atoms with Gasteiger partial charge in [0.1, 0.15) is 5.41 Å². The second-order valence-corrected chi connectivity index (χ2v) is 6.91. The topological polar surface area (TPSA) is 69.7 Å². The van der Waals surface area contributed by atoms with Gasteiger partial charge in [-0.25, -0.2) is 0 Å². The quantitative estimate of drug-likeness (QED) is 0.665. The summed E-state index contributed by atoms with van der Waals surface area (Å²) in [5.74, 6) is -0.624. The predicted molar refractivity (Wildman–Crippen MR) is 92.8 cm³/mol. The molecule has 1 aliphatic rings. The zero-order chi connectivity index (χ0) is 17.9. The Morgan fingerprint density at radius 1 is 1.21 bits per heavy atom. The fourth-order valence-corrected chi connectivity index (χ4v) is 2.70. The van der Waals surface area contributed by atoms with Crippen LogP contribution >= 0.6 is 11.6 Å². The van der Waals surface area contributed by atoms with Gasteiger partial charge in [0.05, 0.1) is 0 Å². The first-order chi connectivity index (χ1) is 11.3. The van der Waals surface area contributed by atoms with Gasteiger partial charge in [-0.3, -0.25) is 14.4 Å². The van der Waals surface area contributed by atoms with Crippen LogP contribution in [-0.2, 0) is 14.4 Å². The summed E-state index contributed by atoms with van der Waals surface area (Å²) in [5.41, 5.74) is 0.257. The fourth-order valence-electron chi connectivity index (χ4n) is 2.53. The van der Waals surface area contributed by atoms with E-state index in [2.05, 4.69) is 5.32 Å². The van der Waals surface area contributed by atoms with Gasteiger partial charge in [0.2, 0.25) is 18.2 Å². The lowest BCUT2D eigenvalue weighted by Gasteiger charge is -2.36. The molecule has 1 fully saturated rings. The van der Waals surface area contributed by atoms with Crippen LogP contribution in [0.5, 0.6) is 0 Å². The number of nitrogens with zero attached hydrogens (tertiary/aromatic N) is 2. The van der Waals surface area contributed by atoms with Crippen LogP contribution in [0.15, 0.2) is 18.2 Å². The number of anilines is 1. The first kappa shape index (κ1) is 18.3. The molecule has 3 amide bonds. The van der Waals surface area contributed by atoms with Crippen molar-refractivity contribution >= 4 is 35.5 Å². The molecular weight excluding hydrogens is 330 g/mol. The summed E-state index contributed by atoms with van der Waals surface area (Å²) in [7, 11) is 0. The maximum Gasteiger partial charge on any atom is 0.239 e. The summed E-state index contributed by atoms with van der Waals surface area (Å²) in [6.45, 7) is 6.92. The Morgan fingerprint density at radius 3 is 2.42 bits per heavy atom. The van der Waals surface area contributed by atoms with Crippen LogP contribution in [-0.4, -0.2) is 54.2 Å². The summed E-state index contributed by atoms with van der Waals surface area (Å²) in [6, 6.07) is 5.22. The summed E-state index contributed by atoms with van der Waals surface area (Å²) < 4.78 is 0. The van der Waals surface area contributed by atoms with Gasteiger partial charge in [-0.05, 0) is 38.5 Å². The Balaban J connectivity index is 2.08. The Hall–Kier alpha value is -2.08. The van der Waals surface area contributed by atoms with Crippen molar-refractivity contribution in [3.05, 3.63) is 28.8 Å². The Morgan fingerprint density at radius 2 is 1.83 bits per heavy atom. The molecule has 7 heteroatoms. The molecule has 0 spiro atoms. The summed E-state index contributed by atoms with van der Waals surface area (Å²) >= 11 is 5.97. The first-order valence-corrected chi connectivity index (χ1v) is 8.20. The van der Waals surface area contributed by atoms with Gasteiger partial charge in [0.15, 0.2) is 0 Å². The molecule has 1 N–H and O–H groups in total. The zero-order valence-corrected chi connectivity index (χ0v) is 14.9. The highest BCUT2D eigenvalue weighted by Crippen LogP contribution is 2.25. The van der Waals surface area contributed by atoms with E-state index >= 15 is 0 Å². The number of carbonyl (C=O) groups is 3. The van der Waals surface area contributed by atoms with Crippen LogP contribution in [0.3, 0.4) is 0 Å². The first-order valence-electron chi connectivity index (χ1n) is 7.82. The van der Waals surface area contributed by atoms with E-state index < -0.39 is 5.41 Å². The van der Waals surface area contributed by atoms with Crippen molar-refractivity contribution in [1.82, 2.24) is 9.80 Å². The SMILES string of the molecule is Cc1ccc(Cl)cc1NC(=O)C(C)(C)C(=O)N1CCN(C=O)CC1. The number of piperazine rings is 1. The highest BCUT2D eigenvalue weighted by atomic mass is 35.5. The number of hydrogen-bond donors (Lipinski definition) is 1. The second kappa shape index (κ2) is 7.21. The van der Waals surface area contributed by atoms with Gasteiger partial charge in [0.25, 0.3) is 0 Å². The van der Waals surface area contributed by atoms with E-state index in [0.717, 1.165) is 12.0 Å². The van der Waals surface area contributed by atoms with Gasteiger partial charge in [-0.1, -0.05) is 17.7 Å². The molecule has 0 atom stereocenters. The Labute approximate surface area is 146 Å². The molecule has 0 radical (unpaired) electrons. The van der Waals surface area contributed by atoms with Gasteiger partial charge in [0, 0.05) is 36.9 Å². The molecule has 1 aromatic rings. The summed E-state index contributed by atoms with van der Waals surface area (Å²) in [4.78, 5) is 39.4. The van der Waals surface area contributed by atoms with Crippen molar-refractivity contribution in [3.8, 4) is 0 Å². The number of aryl methyl sites for hydroxylation is 1. The number of benzene rings is 1. The lowest BCUT2D eigenvalue weighted by Crippen LogP contribution is -2.54. The van der Waals surface area contributed by atoms with Crippen LogP contribution in [0.2, 0.25) is 5.02 Å². The fraction of sp³-hybridized carbons (Fsp3) is 0.471. The van der Waals surface area contributed by atoms with Gasteiger partial charge in [-0.2, -0.15) is 0 Å². The number of rotatable bonds is 4. The van der Waals surface area contributed by atoms with E-state index in [0.29, 0.717) is 36.9 Å². The Kier molecular flexibility index (Phi) is 5.49. The highest BCUT2D eigenvalue weighted by molar-refractivity contribution is 6.31. The summed E-state index contributed by atoms with van der Waals surface area (Å²) in [5, 5.41) is 3.31. The van der Waals surface area contributed by atoms with Gasteiger partial charge in [-0.15, -0.1) is 0 Å². The van der Waals surface area contributed by atoms with E-state index in [1.165, 1.54) is 0 Å². The molecule has 24 heavy (non-hydrogen) atoms. The van der Waals surface area contributed by atoms with E-state index in [1.54, 1.807) is 35.8 Å². The molecule has 0 saturated carbocycles. The van der Waals surface area contributed by atoms with Gasteiger partial charge >= 0.3 is 0 Å². The minimum atomic E-state index is -1.21. The number of halogens is 1. The van der Waals surface area contributed by atoms with E-state index in [-0.39, 0.29) is 11.8 Å². The maximum absolute atomic E-state index is 12.7. The number of hydrogen-bond acceptors (Lipinski definition) is 3. The molecule has 0 bridgehead atoms. The summed E-state index contributed by atoms with van der Waals surface area (Å²) in [6.07, 6.45) is 0.779. The molecule has 0 aromatic heterocycles. The molecule has 1 saturated heterocycles. The number of amides is 3. The normalized spacial score (nSPS) is 15.2. The monoisotopic (exact) mass is 351 g/mol. The van der Waals surface area contributed by atoms with Crippen LogP contribution in [0.4, 0.5) is 5.69 Å². The largest absolute Gasteiger partial charge is 0.342 e. The van der Waals surface area contributed by atoms with Crippen molar-refractivity contribution in [2.45, 2.75) is 20.8 Å². The average molecular weight is 352 g/mol. The molecule has 130 valence electrons. The molecule has 0 aliphatic carbocycles. The van der Waals surface area contributed by atoms with E-state index in [4.69, 9.17) is 11.6 Å². The molecule has 2 rings (SSSR count). The van der Waals surface area contributed by atoms with Crippen LogP contribution < -0.4 is 5.32 Å². The van der Waals surface area contributed by atoms with E-state index in [1.807, 2.05) is 13.0 Å². The third-order valence-corrected chi connectivity index (χ3v) is 4.54. The molecule has 0 unspecified atom stereocenters. The molecule has 1 aliphatic heterocycles. The minimum Gasteiger partial charge on any atom is -0.342 e. The minimum absolute atomic E-state index is 0.245. The molecule has 1 aromatic carbocycles. The third kappa shape index (κ3) is 3.87. The lowest BCUT2D eigenvalue weighted by atomic mass is 9.89. The lowest BCUT2D eigenvalue weighted by molar-refractivity contribution is -0.148. The predicted octanol–water partition coefficient (Wildman–Crippen LogP) is 1.91. The maximum atomic E-state index is 12.7. The smallest absolute Gasteiger partial charge is 0.239 e. The molecule has 1 heterocycles. The number of nitrogens with one attached hydrogen (secondary N) is 1. The molecule has 6 nitrogen and oxygen atoms in total.